The Morgan fingerprint density at radius 1 is 0.974 bits per heavy atom. The van der Waals surface area contributed by atoms with Crippen LogP contribution < -0.4 is 10.1 Å². The first-order chi connectivity index (χ1) is 18.1. The van der Waals surface area contributed by atoms with E-state index in [1.54, 1.807) is 20.8 Å². The maximum Gasteiger partial charge on any atom is 0.407 e. The Labute approximate surface area is 226 Å². The monoisotopic (exact) mass is 525 g/mol. The molecule has 7 nitrogen and oxygen atoms in total. The van der Waals surface area contributed by atoms with Crippen LogP contribution in [0, 0.1) is 11.8 Å². The van der Waals surface area contributed by atoms with Gasteiger partial charge in [-0.1, -0.05) is 74.6 Å². The maximum atomic E-state index is 12.5. The molecule has 38 heavy (non-hydrogen) atoms. The third-order valence-corrected chi connectivity index (χ3v) is 7.01. The highest BCUT2D eigenvalue weighted by atomic mass is 16.6. The van der Waals surface area contributed by atoms with Gasteiger partial charge in [-0.15, -0.1) is 0 Å². The topological polar surface area (TPSA) is 105 Å². The van der Waals surface area contributed by atoms with Gasteiger partial charge in [0.2, 0.25) is 0 Å². The van der Waals surface area contributed by atoms with Crippen LogP contribution >= 0.6 is 0 Å². The number of benzene rings is 2. The predicted octanol–water partition coefficient (Wildman–Crippen LogP) is 6.12. The summed E-state index contributed by atoms with van der Waals surface area (Å²) in [5.41, 5.74) is 1.25. The molecule has 1 fully saturated rings. The van der Waals surface area contributed by atoms with Crippen molar-refractivity contribution >= 4 is 12.1 Å². The normalized spacial score (nSPS) is 16.7. The van der Waals surface area contributed by atoms with Crippen molar-refractivity contribution in [3.05, 3.63) is 65.7 Å². The largest absolute Gasteiger partial charge is 0.489 e. The summed E-state index contributed by atoms with van der Waals surface area (Å²) in [6.45, 7) is 5.82. The van der Waals surface area contributed by atoms with Gasteiger partial charge in [0.15, 0.2) is 0 Å². The molecule has 0 heterocycles. The van der Waals surface area contributed by atoms with Crippen LogP contribution in [0.25, 0.3) is 0 Å². The minimum Gasteiger partial charge on any atom is -0.489 e. The number of aliphatic carboxylic acids is 1. The zero-order chi connectivity index (χ0) is 27.5. The Bertz CT molecular complexity index is 995. The average molecular weight is 526 g/mol. The van der Waals surface area contributed by atoms with Crippen LogP contribution in [0.1, 0.15) is 76.8 Å². The molecule has 3 N–H and O–H groups in total. The van der Waals surface area contributed by atoms with Crippen molar-refractivity contribution in [2.75, 3.05) is 0 Å². The van der Waals surface area contributed by atoms with Crippen LogP contribution in [0.2, 0.25) is 0 Å². The van der Waals surface area contributed by atoms with Crippen LogP contribution in [0.15, 0.2) is 54.6 Å². The van der Waals surface area contributed by atoms with Crippen LogP contribution in [-0.4, -0.2) is 40.0 Å². The van der Waals surface area contributed by atoms with Gasteiger partial charge in [0, 0.05) is 0 Å². The third-order valence-electron chi connectivity index (χ3n) is 7.01. The molecule has 1 aliphatic rings. The molecule has 0 bridgehead atoms. The molecule has 7 heteroatoms. The van der Waals surface area contributed by atoms with E-state index >= 15 is 0 Å². The van der Waals surface area contributed by atoms with Gasteiger partial charge in [0.25, 0.3) is 0 Å². The lowest BCUT2D eigenvalue weighted by Gasteiger charge is -2.32. The fourth-order valence-electron chi connectivity index (χ4n) is 5.03. The minimum atomic E-state index is -1.00. The van der Waals surface area contributed by atoms with E-state index in [2.05, 4.69) is 5.32 Å². The number of ether oxygens (including phenoxy) is 2. The van der Waals surface area contributed by atoms with Crippen molar-refractivity contribution in [3.63, 3.8) is 0 Å². The number of carboxylic acid groups (broad SMARTS) is 1. The second-order valence-electron chi connectivity index (χ2n) is 11.5. The van der Waals surface area contributed by atoms with Crippen molar-refractivity contribution in [2.45, 2.75) is 96.5 Å². The van der Waals surface area contributed by atoms with E-state index in [0.29, 0.717) is 24.7 Å². The van der Waals surface area contributed by atoms with E-state index < -0.39 is 35.7 Å². The summed E-state index contributed by atoms with van der Waals surface area (Å²) in [6.07, 6.45) is 4.93. The first kappa shape index (κ1) is 29.5. The SMILES string of the molecule is CC(C)(C)OC(=O)N[C@@H](CC1CCCCC1)[C@@H](O)C[C@@H](Cc1ccc(OCc2ccccc2)cc1)C(=O)O. The van der Waals surface area contributed by atoms with Gasteiger partial charge in [-0.3, -0.25) is 4.79 Å². The summed E-state index contributed by atoms with van der Waals surface area (Å²) in [5.74, 6) is -0.666. The second-order valence-corrected chi connectivity index (χ2v) is 11.5. The Balaban J connectivity index is 1.61. The van der Waals surface area contributed by atoms with E-state index in [-0.39, 0.29) is 12.8 Å². The number of amides is 1. The molecule has 0 radical (unpaired) electrons. The molecule has 2 aromatic rings. The zero-order valence-corrected chi connectivity index (χ0v) is 22.9. The Kier molecular flexibility index (Phi) is 11.0. The van der Waals surface area contributed by atoms with Crippen molar-refractivity contribution in [1.29, 1.82) is 0 Å². The highest BCUT2D eigenvalue weighted by molar-refractivity contribution is 5.70. The molecule has 0 saturated heterocycles. The summed E-state index contributed by atoms with van der Waals surface area (Å²) >= 11 is 0. The standard InChI is InChI=1S/C31H43NO6/c1-31(2,3)38-30(36)32-27(19-22-10-6-4-7-11-22)28(33)20-25(29(34)35)18-23-14-16-26(17-15-23)37-21-24-12-8-5-9-13-24/h5,8-9,12-17,22,25,27-28,33H,4,6-7,10-11,18-21H2,1-3H3,(H,32,36)(H,34,35)/t25-,27+,28+/m1/s1. The number of carbonyl (C=O) groups is 2. The van der Waals surface area contributed by atoms with Crippen molar-refractivity contribution in [2.24, 2.45) is 11.8 Å². The number of rotatable bonds is 12. The third kappa shape index (κ3) is 10.4. The molecule has 3 atom stereocenters. The number of nitrogens with one attached hydrogen (secondary N) is 1. The van der Waals surface area contributed by atoms with Gasteiger partial charge < -0.3 is 25.0 Å². The summed E-state index contributed by atoms with van der Waals surface area (Å²) in [5, 5.41) is 23.9. The number of aliphatic hydroxyl groups is 1. The smallest absolute Gasteiger partial charge is 0.407 e. The molecule has 0 aromatic heterocycles. The van der Waals surface area contributed by atoms with Crippen LogP contribution in [-0.2, 0) is 22.6 Å². The van der Waals surface area contributed by atoms with Gasteiger partial charge in [-0.05, 0) is 69.2 Å². The zero-order valence-electron chi connectivity index (χ0n) is 22.9. The summed E-state index contributed by atoms with van der Waals surface area (Å²) in [6, 6.07) is 16.7. The first-order valence-corrected chi connectivity index (χ1v) is 13.7. The molecule has 1 aliphatic carbocycles. The van der Waals surface area contributed by atoms with Crippen LogP contribution in [0.4, 0.5) is 4.79 Å². The van der Waals surface area contributed by atoms with Crippen molar-refractivity contribution < 1.29 is 29.3 Å². The molecule has 0 aliphatic heterocycles. The summed E-state index contributed by atoms with van der Waals surface area (Å²) in [7, 11) is 0. The Morgan fingerprint density at radius 2 is 1.63 bits per heavy atom. The van der Waals surface area contributed by atoms with Crippen molar-refractivity contribution in [3.8, 4) is 5.75 Å². The maximum absolute atomic E-state index is 12.5. The van der Waals surface area contributed by atoms with E-state index in [1.165, 1.54) is 6.42 Å². The van der Waals surface area contributed by atoms with E-state index in [0.717, 1.165) is 36.8 Å². The van der Waals surface area contributed by atoms with Gasteiger partial charge in [-0.2, -0.15) is 0 Å². The number of carboxylic acids is 1. The molecule has 3 rings (SSSR count). The number of carbonyl (C=O) groups excluding carboxylic acids is 1. The molecule has 1 amide bonds. The molecule has 1 saturated carbocycles. The Hall–Kier alpha value is -3.06. The van der Waals surface area contributed by atoms with Crippen LogP contribution in [0.3, 0.4) is 0 Å². The number of aliphatic hydroxyl groups excluding tert-OH is 1. The molecule has 0 spiro atoms. The molecule has 208 valence electrons. The number of hydrogen-bond donors (Lipinski definition) is 3. The van der Waals surface area contributed by atoms with E-state index in [1.807, 2.05) is 54.6 Å². The van der Waals surface area contributed by atoms with Gasteiger partial charge in [-0.25, -0.2) is 4.79 Å². The highest BCUT2D eigenvalue weighted by Gasteiger charge is 2.31. The fourth-order valence-corrected chi connectivity index (χ4v) is 5.03. The molecular weight excluding hydrogens is 482 g/mol. The van der Waals surface area contributed by atoms with Gasteiger partial charge in [0.1, 0.15) is 18.0 Å². The second kappa shape index (κ2) is 14.2. The van der Waals surface area contributed by atoms with E-state index in [4.69, 9.17) is 9.47 Å². The minimum absolute atomic E-state index is 0.0365. The first-order valence-electron chi connectivity index (χ1n) is 13.7. The fraction of sp³-hybridized carbons (Fsp3) is 0.548. The summed E-state index contributed by atoms with van der Waals surface area (Å²) in [4.78, 5) is 24.7. The quantitative estimate of drug-likeness (QED) is 0.308. The lowest BCUT2D eigenvalue weighted by molar-refractivity contribution is -0.143. The van der Waals surface area contributed by atoms with Gasteiger partial charge >= 0.3 is 12.1 Å². The number of alkyl carbamates (subject to hydrolysis) is 1. The number of hydrogen-bond acceptors (Lipinski definition) is 5. The molecular formula is C31H43NO6. The lowest BCUT2D eigenvalue weighted by atomic mass is 9.82. The molecule has 0 unspecified atom stereocenters. The predicted molar refractivity (Wildman–Crippen MR) is 147 cm³/mol. The summed E-state index contributed by atoms with van der Waals surface area (Å²) < 4.78 is 11.3. The van der Waals surface area contributed by atoms with Crippen molar-refractivity contribution in [1.82, 2.24) is 5.32 Å². The Morgan fingerprint density at radius 3 is 2.24 bits per heavy atom. The van der Waals surface area contributed by atoms with Crippen LogP contribution in [0.5, 0.6) is 5.75 Å². The van der Waals surface area contributed by atoms with Gasteiger partial charge in [0.05, 0.1) is 18.1 Å². The highest BCUT2D eigenvalue weighted by Crippen LogP contribution is 2.29. The molecule has 2 aromatic carbocycles. The average Bonchev–Trinajstić information content (AvgIpc) is 2.87. The van der Waals surface area contributed by atoms with E-state index in [9.17, 15) is 19.8 Å². The lowest BCUT2D eigenvalue weighted by Crippen LogP contribution is -2.47.